The third kappa shape index (κ3) is 1.98. The number of benzene rings is 1. The number of hydrogen-bond donors (Lipinski definition) is 0. The van der Waals surface area contributed by atoms with Crippen LogP contribution in [0.5, 0.6) is 11.5 Å². The van der Waals surface area contributed by atoms with Crippen LogP contribution in [0, 0.1) is 0 Å². The molecule has 5 rings (SSSR count). The maximum absolute atomic E-state index is 12.8. The first-order valence-electron chi connectivity index (χ1n) is 7.46. The summed E-state index contributed by atoms with van der Waals surface area (Å²) in [5, 5.41) is 0. The maximum atomic E-state index is 12.8. The molecule has 0 N–H and O–H groups in total. The Morgan fingerprint density at radius 1 is 1.21 bits per heavy atom. The highest BCUT2D eigenvalue weighted by molar-refractivity contribution is 7.15. The van der Waals surface area contributed by atoms with E-state index in [4.69, 9.17) is 9.47 Å². The van der Waals surface area contributed by atoms with Gasteiger partial charge in [-0.15, -0.1) is 0 Å². The third-order valence-electron chi connectivity index (χ3n) is 3.88. The summed E-state index contributed by atoms with van der Waals surface area (Å²) in [7, 11) is 0. The molecular weight excluding hydrogens is 326 g/mol. The van der Waals surface area contributed by atoms with Crippen LogP contribution in [0.15, 0.2) is 41.5 Å². The largest absolute Gasteiger partial charge is 0.486 e. The van der Waals surface area contributed by atoms with Crippen molar-refractivity contribution in [3.05, 3.63) is 57.1 Å². The number of ether oxygens (including phenoxy) is 2. The van der Waals surface area contributed by atoms with Gasteiger partial charge in [0.2, 0.25) is 0 Å². The highest BCUT2D eigenvalue weighted by atomic mass is 32.1. The molecule has 7 heteroatoms. The van der Waals surface area contributed by atoms with Crippen molar-refractivity contribution in [3.63, 3.8) is 0 Å². The van der Waals surface area contributed by atoms with E-state index in [0.29, 0.717) is 34.2 Å². The maximum Gasteiger partial charge on any atom is 0.274 e. The zero-order valence-electron chi connectivity index (χ0n) is 12.4. The highest BCUT2D eigenvalue weighted by Crippen LogP contribution is 2.34. The topological polar surface area (TPSA) is 65.7 Å². The molecule has 1 aliphatic rings. The average molecular weight is 337 g/mol. The second-order valence-corrected chi connectivity index (χ2v) is 6.43. The molecule has 4 aromatic rings. The number of aromatic nitrogens is 3. The fraction of sp³-hybridized carbons (Fsp3) is 0.118. The molecule has 0 saturated carbocycles. The van der Waals surface area contributed by atoms with E-state index in [1.165, 1.54) is 11.3 Å². The van der Waals surface area contributed by atoms with E-state index < -0.39 is 0 Å². The fourth-order valence-corrected chi connectivity index (χ4v) is 3.80. The molecule has 1 aromatic carbocycles. The minimum absolute atomic E-state index is 0.0852. The Morgan fingerprint density at radius 3 is 2.83 bits per heavy atom. The number of nitrogens with zero attached hydrogens (tertiary/aromatic N) is 3. The lowest BCUT2D eigenvalue weighted by molar-refractivity contribution is 0.172. The molecule has 0 amide bonds. The van der Waals surface area contributed by atoms with Crippen LogP contribution < -0.4 is 19.6 Å². The first-order valence-corrected chi connectivity index (χ1v) is 8.27. The molecule has 0 atom stereocenters. The van der Waals surface area contributed by atoms with E-state index in [1.807, 2.05) is 30.3 Å². The van der Waals surface area contributed by atoms with Gasteiger partial charge in [-0.1, -0.05) is 17.4 Å². The Bertz CT molecular complexity index is 1180. The van der Waals surface area contributed by atoms with Crippen LogP contribution in [0.25, 0.3) is 22.1 Å². The monoisotopic (exact) mass is 337 g/mol. The third-order valence-corrected chi connectivity index (χ3v) is 4.85. The van der Waals surface area contributed by atoms with Crippen molar-refractivity contribution in [2.24, 2.45) is 0 Å². The molecule has 0 unspecified atom stereocenters. The summed E-state index contributed by atoms with van der Waals surface area (Å²) in [6, 6.07) is 7.40. The molecule has 3 aromatic heterocycles. The van der Waals surface area contributed by atoms with Crippen LogP contribution in [0.4, 0.5) is 0 Å². The average Bonchev–Trinajstić information content (AvgIpc) is 3.10. The molecule has 0 fully saturated rings. The van der Waals surface area contributed by atoms with E-state index >= 15 is 0 Å². The minimum Gasteiger partial charge on any atom is -0.486 e. The van der Waals surface area contributed by atoms with E-state index in [2.05, 4.69) is 9.97 Å². The number of thiazole rings is 1. The van der Waals surface area contributed by atoms with Gasteiger partial charge in [0.1, 0.15) is 13.2 Å². The van der Waals surface area contributed by atoms with Crippen LogP contribution >= 0.6 is 11.3 Å². The summed E-state index contributed by atoms with van der Waals surface area (Å²) in [6.45, 7) is 1.03. The summed E-state index contributed by atoms with van der Waals surface area (Å²) in [5.41, 5.74) is 2.27. The predicted octanol–water partition coefficient (Wildman–Crippen LogP) is 1.62. The quantitative estimate of drug-likeness (QED) is 0.528. The molecule has 24 heavy (non-hydrogen) atoms. The Kier molecular flexibility index (Phi) is 2.83. The molecule has 0 bridgehead atoms. The molecule has 0 aliphatic carbocycles. The minimum atomic E-state index is -0.0852. The second kappa shape index (κ2) is 5.04. The first kappa shape index (κ1) is 13.5. The van der Waals surface area contributed by atoms with Crippen molar-refractivity contribution in [1.82, 2.24) is 14.4 Å². The van der Waals surface area contributed by atoms with Crippen LogP contribution in [-0.2, 0) is 0 Å². The van der Waals surface area contributed by atoms with Gasteiger partial charge in [0.05, 0.1) is 15.6 Å². The molecule has 118 valence electrons. The van der Waals surface area contributed by atoms with Gasteiger partial charge in [0, 0.05) is 24.5 Å². The summed E-state index contributed by atoms with van der Waals surface area (Å²) >= 11 is 1.36. The van der Waals surface area contributed by atoms with Crippen LogP contribution in [0.1, 0.15) is 5.56 Å². The van der Waals surface area contributed by atoms with Crippen LogP contribution in [-0.4, -0.2) is 27.6 Å². The fourth-order valence-electron chi connectivity index (χ4n) is 2.81. The van der Waals surface area contributed by atoms with Crippen molar-refractivity contribution in [3.8, 4) is 11.5 Å². The SMILES string of the molecule is O=c1c(=Cc2cccnc2)sc2nc3cc4c(cc3n12)OCCO4. The lowest BCUT2D eigenvalue weighted by Crippen LogP contribution is -2.22. The van der Waals surface area contributed by atoms with Crippen molar-refractivity contribution in [2.75, 3.05) is 13.2 Å². The summed E-state index contributed by atoms with van der Waals surface area (Å²) in [6.07, 6.45) is 5.26. The van der Waals surface area contributed by atoms with Crippen molar-refractivity contribution in [1.29, 1.82) is 0 Å². The standard InChI is InChI=1S/C17H11N3O3S/c21-16-15(6-10-2-1-3-18-9-10)24-17-19-11-7-13-14(23-5-4-22-13)8-12(11)20(16)17/h1-3,6-9H,4-5H2. The summed E-state index contributed by atoms with van der Waals surface area (Å²) in [4.78, 5) is 22.1. The number of rotatable bonds is 1. The summed E-state index contributed by atoms with van der Waals surface area (Å²) in [5.74, 6) is 1.33. The van der Waals surface area contributed by atoms with E-state index in [9.17, 15) is 4.79 Å². The molecule has 0 radical (unpaired) electrons. The molecule has 4 heterocycles. The number of imidazole rings is 1. The van der Waals surface area contributed by atoms with Gasteiger partial charge in [0.25, 0.3) is 5.56 Å². The van der Waals surface area contributed by atoms with Gasteiger partial charge in [-0.2, -0.15) is 0 Å². The Balaban J connectivity index is 1.78. The highest BCUT2D eigenvalue weighted by Gasteiger charge is 2.18. The lowest BCUT2D eigenvalue weighted by atomic mass is 10.2. The Labute approximate surface area is 139 Å². The molecule has 0 spiro atoms. The smallest absolute Gasteiger partial charge is 0.274 e. The van der Waals surface area contributed by atoms with Crippen molar-refractivity contribution < 1.29 is 9.47 Å². The zero-order valence-corrected chi connectivity index (χ0v) is 13.2. The normalized spacial score (nSPS) is 14.6. The Hall–Kier alpha value is -2.93. The number of fused-ring (bicyclic) bond motifs is 4. The zero-order chi connectivity index (χ0) is 16.1. The van der Waals surface area contributed by atoms with Gasteiger partial charge < -0.3 is 9.47 Å². The number of pyridine rings is 1. The van der Waals surface area contributed by atoms with Gasteiger partial charge in [-0.3, -0.25) is 9.78 Å². The lowest BCUT2D eigenvalue weighted by Gasteiger charge is -2.17. The molecule has 1 aliphatic heterocycles. The van der Waals surface area contributed by atoms with Gasteiger partial charge in [-0.25, -0.2) is 9.38 Å². The summed E-state index contributed by atoms with van der Waals surface area (Å²) < 4.78 is 13.4. The van der Waals surface area contributed by atoms with Gasteiger partial charge in [0.15, 0.2) is 16.5 Å². The molecule has 6 nitrogen and oxygen atoms in total. The molecular formula is C17H11N3O3S. The molecule has 0 saturated heterocycles. The second-order valence-electron chi connectivity index (χ2n) is 5.42. The van der Waals surface area contributed by atoms with Crippen molar-refractivity contribution >= 4 is 33.4 Å². The van der Waals surface area contributed by atoms with Crippen LogP contribution in [0.3, 0.4) is 0 Å². The van der Waals surface area contributed by atoms with E-state index in [0.717, 1.165) is 16.6 Å². The van der Waals surface area contributed by atoms with Crippen LogP contribution in [0.2, 0.25) is 0 Å². The van der Waals surface area contributed by atoms with Gasteiger partial charge in [-0.05, 0) is 17.7 Å². The van der Waals surface area contributed by atoms with Crippen molar-refractivity contribution in [2.45, 2.75) is 0 Å². The first-order chi connectivity index (χ1) is 11.8. The number of hydrogen-bond acceptors (Lipinski definition) is 6. The van der Waals surface area contributed by atoms with E-state index in [-0.39, 0.29) is 5.56 Å². The van der Waals surface area contributed by atoms with E-state index in [1.54, 1.807) is 16.8 Å². The predicted molar refractivity (Wildman–Crippen MR) is 90.9 cm³/mol. The van der Waals surface area contributed by atoms with Gasteiger partial charge >= 0.3 is 0 Å². The Morgan fingerprint density at radius 2 is 2.04 bits per heavy atom.